The molecule has 100 valence electrons. The predicted octanol–water partition coefficient (Wildman–Crippen LogP) is 2.14. The normalized spacial score (nSPS) is 12.4. The molecule has 0 N–H and O–H groups in total. The summed E-state index contributed by atoms with van der Waals surface area (Å²) in [6.45, 7) is 3.96. The van der Waals surface area contributed by atoms with Crippen LogP contribution in [0.5, 0.6) is 0 Å². The van der Waals surface area contributed by atoms with E-state index in [2.05, 4.69) is 22.4 Å². The SMILES string of the molecule is CCc1ccc(C(=O)C(C)Sc2nnnn2C)cc1. The quantitative estimate of drug-likeness (QED) is 0.618. The molecule has 0 aliphatic heterocycles. The Bertz CT molecular complexity index is 564. The van der Waals surface area contributed by atoms with E-state index in [1.54, 1.807) is 11.7 Å². The molecule has 2 aromatic rings. The molecule has 0 bridgehead atoms. The number of hydrogen-bond donors (Lipinski definition) is 0. The van der Waals surface area contributed by atoms with E-state index in [0.29, 0.717) is 5.16 Å². The Balaban J connectivity index is 2.08. The van der Waals surface area contributed by atoms with Crippen LogP contribution >= 0.6 is 11.8 Å². The summed E-state index contributed by atoms with van der Waals surface area (Å²) in [7, 11) is 1.76. The summed E-state index contributed by atoms with van der Waals surface area (Å²) in [4.78, 5) is 12.3. The predicted molar refractivity (Wildman–Crippen MR) is 74.3 cm³/mol. The van der Waals surface area contributed by atoms with Crippen molar-refractivity contribution in [2.24, 2.45) is 7.05 Å². The second-order valence-electron chi connectivity index (χ2n) is 4.26. The fourth-order valence-electron chi connectivity index (χ4n) is 1.67. The number of benzene rings is 1. The zero-order valence-electron chi connectivity index (χ0n) is 11.2. The molecule has 1 atom stereocenters. The molecular formula is C13H16N4OS. The van der Waals surface area contributed by atoms with Gasteiger partial charge in [0.15, 0.2) is 5.78 Å². The lowest BCUT2D eigenvalue weighted by atomic mass is 10.1. The van der Waals surface area contributed by atoms with Crippen LogP contribution < -0.4 is 0 Å². The van der Waals surface area contributed by atoms with Crippen LogP contribution in [-0.4, -0.2) is 31.2 Å². The van der Waals surface area contributed by atoms with Gasteiger partial charge in [-0.1, -0.05) is 43.0 Å². The average molecular weight is 276 g/mol. The molecule has 0 saturated carbocycles. The van der Waals surface area contributed by atoms with Crippen LogP contribution in [0.4, 0.5) is 0 Å². The number of aromatic nitrogens is 4. The van der Waals surface area contributed by atoms with Crippen molar-refractivity contribution >= 4 is 17.5 Å². The van der Waals surface area contributed by atoms with Crippen molar-refractivity contribution in [3.8, 4) is 0 Å². The van der Waals surface area contributed by atoms with Gasteiger partial charge in [0.1, 0.15) is 0 Å². The van der Waals surface area contributed by atoms with Crippen LogP contribution in [-0.2, 0) is 13.5 Å². The first-order chi connectivity index (χ1) is 9.11. The molecule has 0 aliphatic carbocycles. The number of aryl methyl sites for hydroxylation is 2. The van der Waals surface area contributed by atoms with Gasteiger partial charge in [-0.2, -0.15) is 0 Å². The fraction of sp³-hybridized carbons (Fsp3) is 0.385. The first-order valence-corrected chi connectivity index (χ1v) is 7.02. The molecular weight excluding hydrogens is 260 g/mol. The van der Waals surface area contributed by atoms with Crippen LogP contribution in [0.3, 0.4) is 0 Å². The minimum absolute atomic E-state index is 0.0932. The number of ketones is 1. The van der Waals surface area contributed by atoms with Crippen LogP contribution in [0.25, 0.3) is 0 Å². The zero-order chi connectivity index (χ0) is 13.8. The number of hydrogen-bond acceptors (Lipinski definition) is 5. The van der Waals surface area contributed by atoms with Gasteiger partial charge in [-0.3, -0.25) is 4.79 Å². The number of Topliss-reactive ketones (excluding diaryl/α,β-unsaturated/α-hetero) is 1. The molecule has 19 heavy (non-hydrogen) atoms. The Morgan fingerprint density at radius 3 is 2.58 bits per heavy atom. The number of thioether (sulfide) groups is 1. The Labute approximate surface area is 116 Å². The zero-order valence-corrected chi connectivity index (χ0v) is 12.0. The molecule has 1 aromatic carbocycles. The van der Waals surface area contributed by atoms with Crippen LogP contribution in [0.2, 0.25) is 0 Å². The van der Waals surface area contributed by atoms with E-state index in [1.165, 1.54) is 17.3 Å². The van der Waals surface area contributed by atoms with Crippen LogP contribution in [0, 0.1) is 0 Å². The van der Waals surface area contributed by atoms with E-state index in [4.69, 9.17) is 0 Å². The van der Waals surface area contributed by atoms with E-state index in [9.17, 15) is 4.79 Å². The summed E-state index contributed by atoms with van der Waals surface area (Å²) in [6.07, 6.45) is 0.976. The summed E-state index contributed by atoms with van der Waals surface area (Å²) in [5, 5.41) is 11.6. The van der Waals surface area contributed by atoms with Crippen molar-refractivity contribution in [1.82, 2.24) is 20.2 Å². The standard InChI is InChI=1S/C13H16N4OS/c1-4-10-5-7-11(8-6-10)12(18)9(2)19-13-14-15-16-17(13)3/h5-9H,4H2,1-3H3. The minimum Gasteiger partial charge on any atom is -0.293 e. The molecule has 1 heterocycles. The maximum atomic E-state index is 12.3. The fourth-order valence-corrected chi connectivity index (χ4v) is 2.50. The second-order valence-corrected chi connectivity index (χ2v) is 5.57. The lowest BCUT2D eigenvalue weighted by molar-refractivity contribution is 0.0994. The highest BCUT2D eigenvalue weighted by atomic mass is 32.2. The Kier molecular flexibility index (Phi) is 4.31. The molecule has 0 aliphatic rings. The van der Waals surface area contributed by atoms with Crippen molar-refractivity contribution in [2.45, 2.75) is 30.7 Å². The number of rotatable bonds is 5. The van der Waals surface area contributed by atoms with Gasteiger partial charge in [0.05, 0.1) is 5.25 Å². The molecule has 6 heteroatoms. The van der Waals surface area contributed by atoms with Gasteiger partial charge < -0.3 is 0 Å². The highest BCUT2D eigenvalue weighted by molar-refractivity contribution is 8.00. The maximum Gasteiger partial charge on any atom is 0.209 e. The Morgan fingerprint density at radius 1 is 1.37 bits per heavy atom. The van der Waals surface area contributed by atoms with Crippen molar-refractivity contribution < 1.29 is 4.79 Å². The van der Waals surface area contributed by atoms with Gasteiger partial charge >= 0.3 is 0 Å². The molecule has 0 spiro atoms. The maximum absolute atomic E-state index is 12.3. The van der Waals surface area contributed by atoms with Crippen molar-refractivity contribution in [1.29, 1.82) is 0 Å². The minimum atomic E-state index is -0.211. The lowest BCUT2D eigenvalue weighted by Crippen LogP contribution is -2.14. The van der Waals surface area contributed by atoms with Gasteiger partial charge in [-0.05, 0) is 29.3 Å². The number of nitrogens with zero attached hydrogens (tertiary/aromatic N) is 4. The summed E-state index contributed by atoms with van der Waals surface area (Å²) in [5.74, 6) is 0.0932. The molecule has 0 radical (unpaired) electrons. The molecule has 0 amide bonds. The third-order valence-corrected chi connectivity index (χ3v) is 4.00. The lowest BCUT2D eigenvalue weighted by Gasteiger charge is -2.09. The van der Waals surface area contributed by atoms with Gasteiger partial charge in [0.2, 0.25) is 5.16 Å². The van der Waals surface area contributed by atoms with Crippen molar-refractivity contribution in [3.63, 3.8) is 0 Å². The first-order valence-electron chi connectivity index (χ1n) is 6.14. The van der Waals surface area contributed by atoms with Crippen molar-refractivity contribution in [3.05, 3.63) is 35.4 Å². The molecule has 0 saturated heterocycles. The van der Waals surface area contributed by atoms with E-state index in [1.807, 2.05) is 31.2 Å². The van der Waals surface area contributed by atoms with E-state index < -0.39 is 0 Å². The number of carbonyl (C=O) groups is 1. The monoisotopic (exact) mass is 276 g/mol. The van der Waals surface area contributed by atoms with Gasteiger partial charge in [0, 0.05) is 12.6 Å². The number of tetrazole rings is 1. The highest BCUT2D eigenvalue weighted by Gasteiger charge is 2.19. The largest absolute Gasteiger partial charge is 0.293 e. The average Bonchev–Trinajstić information content (AvgIpc) is 2.83. The molecule has 0 fully saturated rings. The van der Waals surface area contributed by atoms with Crippen molar-refractivity contribution in [2.75, 3.05) is 0 Å². The third-order valence-electron chi connectivity index (χ3n) is 2.88. The molecule has 1 aromatic heterocycles. The first kappa shape index (κ1) is 13.7. The van der Waals surface area contributed by atoms with E-state index in [0.717, 1.165) is 12.0 Å². The molecule has 5 nitrogen and oxygen atoms in total. The third kappa shape index (κ3) is 3.20. The molecule has 2 rings (SSSR count). The molecule has 1 unspecified atom stereocenters. The van der Waals surface area contributed by atoms with Crippen LogP contribution in [0.15, 0.2) is 29.4 Å². The smallest absolute Gasteiger partial charge is 0.209 e. The van der Waals surface area contributed by atoms with Gasteiger partial charge in [0.25, 0.3) is 0 Å². The number of carbonyl (C=O) groups excluding carboxylic acids is 1. The van der Waals surface area contributed by atoms with Gasteiger partial charge in [-0.15, -0.1) is 5.10 Å². The van der Waals surface area contributed by atoms with E-state index >= 15 is 0 Å². The van der Waals surface area contributed by atoms with Crippen LogP contribution in [0.1, 0.15) is 29.8 Å². The summed E-state index contributed by atoms with van der Waals surface area (Å²) in [5.41, 5.74) is 1.96. The summed E-state index contributed by atoms with van der Waals surface area (Å²) >= 11 is 1.37. The van der Waals surface area contributed by atoms with Gasteiger partial charge in [-0.25, -0.2) is 4.68 Å². The Morgan fingerprint density at radius 2 is 2.05 bits per heavy atom. The summed E-state index contributed by atoms with van der Waals surface area (Å²) < 4.78 is 1.56. The Hall–Kier alpha value is -1.69. The topological polar surface area (TPSA) is 60.7 Å². The summed E-state index contributed by atoms with van der Waals surface area (Å²) in [6, 6.07) is 7.75. The van der Waals surface area contributed by atoms with E-state index in [-0.39, 0.29) is 11.0 Å². The second kappa shape index (κ2) is 5.97. The highest BCUT2D eigenvalue weighted by Crippen LogP contribution is 2.22.